The first-order chi connectivity index (χ1) is 5.50. The van der Waals surface area contributed by atoms with Gasteiger partial charge in [-0.25, -0.2) is 0 Å². The van der Waals surface area contributed by atoms with Crippen LogP contribution in [-0.2, 0) is 4.84 Å². The Labute approximate surface area is 69.3 Å². The quantitative estimate of drug-likeness (QED) is 0.527. The van der Waals surface area contributed by atoms with Crippen molar-refractivity contribution in [2.45, 2.75) is 44.9 Å². The normalized spacial score (nSPS) is 24.0. The molecule has 1 aliphatic heterocycles. The van der Waals surface area contributed by atoms with E-state index < -0.39 is 0 Å². The average Bonchev–Trinajstić information content (AvgIpc) is 2.08. The molecule has 0 amide bonds. The molecule has 0 N–H and O–H groups in total. The summed E-state index contributed by atoms with van der Waals surface area (Å²) in [7, 11) is 0. The first-order valence-corrected chi connectivity index (χ1v) is 4.79. The molecule has 1 radical (unpaired) electrons. The zero-order valence-corrected chi connectivity index (χ0v) is 7.22. The summed E-state index contributed by atoms with van der Waals surface area (Å²) in [4.78, 5) is 5.09. The molecule has 0 aromatic rings. The van der Waals surface area contributed by atoms with E-state index in [1.807, 2.05) is 0 Å². The fraction of sp³-hybridized carbons (Fsp3) is 1.00. The van der Waals surface area contributed by atoms with Gasteiger partial charge < -0.3 is 0 Å². The van der Waals surface area contributed by atoms with Crippen molar-refractivity contribution in [3.63, 3.8) is 0 Å². The van der Waals surface area contributed by atoms with Crippen molar-refractivity contribution >= 4 is 0 Å². The summed E-state index contributed by atoms with van der Waals surface area (Å²) in [5.41, 5.74) is 3.97. The van der Waals surface area contributed by atoms with Gasteiger partial charge >= 0.3 is 0 Å². The van der Waals surface area contributed by atoms with Gasteiger partial charge in [0.15, 0.2) is 0 Å². The van der Waals surface area contributed by atoms with E-state index in [4.69, 9.17) is 4.84 Å². The van der Waals surface area contributed by atoms with E-state index in [9.17, 15) is 0 Å². The Hall–Kier alpha value is -0.0800. The third kappa shape index (κ3) is 5.22. The van der Waals surface area contributed by atoms with Crippen molar-refractivity contribution in [3.05, 3.63) is 0 Å². The molecule has 1 fully saturated rings. The van der Waals surface area contributed by atoms with Gasteiger partial charge in [0.25, 0.3) is 0 Å². The molecule has 0 aromatic carbocycles. The second kappa shape index (κ2) is 6.62. The molecule has 1 rings (SSSR count). The van der Waals surface area contributed by atoms with Crippen molar-refractivity contribution in [2.75, 3.05) is 13.2 Å². The molecular weight excluding hydrogens is 138 g/mol. The van der Waals surface area contributed by atoms with Crippen LogP contribution in [0.2, 0.25) is 0 Å². The molecule has 0 bridgehead atoms. The molecule has 2 nitrogen and oxygen atoms in total. The van der Waals surface area contributed by atoms with E-state index in [0.717, 1.165) is 13.2 Å². The monoisotopic (exact) mass is 156 g/mol. The Kier molecular flexibility index (Phi) is 5.42. The summed E-state index contributed by atoms with van der Waals surface area (Å²) in [6.45, 7) is 1.74. The van der Waals surface area contributed by atoms with Crippen molar-refractivity contribution in [1.82, 2.24) is 5.48 Å². The molecule has 1 saturated heterocycles. The highest BCUT2D eigenvalue weighted by molar-refractivity contribution is 4.48. The van der Waals surface area contributed by atoms with Gasteiger partial charge in [-0.05, 0) is 12.8 Å². The van der Waals surface area contributed by atoms with E-state index in [2.05, 4.69) is 5.48 Å². The maximum atomic E-state index is 5.09. The lowest BCUT2D eigenvalue weighted by Crippen LogP contribution is -2.08. The van der Waals surface area contributed by atoms with Gasteiger partial charge in [0, 0.05) is 6.54 Å². The number of hydrogen-bond acceptors (Lipinski definition) is 1. The summed E-state index contributed by atoms with van der Waals surface area (Å²) >= 11 is 0. The molecule has 0 aromatic heterocycles. The van der Waals surface area contributed by atoms with Gasteiger partial charge in [0.1, 0.15) is 0 Å². The van der Waals surface area contributed by atoms with Crippen LogP contribution in [0.5, 0.6) is 0 Å². The molecule has 65 valence electrons. The highest BCUT2D eigenvalue weighted by Gasteiger charge is 1.96. The predicted molar refractivity (Wildman–Crippen MR) is 45.3 cm³/mol. The standard InChI is InChI=1S/C9H18NO/c1-2-4-6-8-10-11-9-7-5-3-1/h1-9H2. The first-order valence-electron chi connectivity index (χ1n) is 4.79. The minimum atomic E-state index is 0.833. The fourth-order valence-corrected chi connectivity index (χ4v) is 1.36. The van der Waals surface area contributed by atoms with Crippen LogP contribution in [-0.4, -0.2) is 13.2 Å². The maximum Gasteiger partial charge on any atom is 0.0702 e. The SMILES string of the molecule is C1CCCC[N]OCCCC1. The fourth-order valence-electron chi connectivity index (χ4n) is 1.36. The zero-order chi connectivity index (χ0) is 7.78. The van der Waals surface area contributed by atoms with E-state index >= 15 is 0 Å². The second-order valence-electron chi connectivity index (χ2n) is 3.16. The van der Waals surface area contributed by atoms with Crippen molar-refractivity contribution < 1.29 is 4.84 Å². The molecule has 11 heavy (non-hydrogen) atoms. The second-order valence-corrected chi connectivity index (χ2v) is 3.16. The third-order valence-electron chi connectivity index (χ3n) is 2.08. The lowest BCUT2D eigenvalue weighted by Gasteiger charge is -1.99. The minimum Gasteiger partial charge on any atom is -0.282 e. The van der Waals surface area contributed by atoms with Crippen LogP contribution < -0.4 is 5.48 Å². The highest BCUT2D eigenvalue weighted by Crippen LogP contribution is 2.07. The predicted octanol–water partition coefficient (Wildman–Crippen LogP) is 2.27. The lowest BCUT2D eigenvalue weighted by molar-refractivity contribution is 0.0305. The van der Waals surface area contributed by atoms with Gasteiger partial charge in [0.05, 0.1) is 6.61 Å². The molecule has 0 unspecified atom stereocenters. The summed E-state index contributed by atoms with van der Waals surface area (Å²) in [5.74, 6) is 0. The van der Waals surface area contributed by atoms with Crippen LogP contribution in [0, 0.1) is 0 Å². The lowest BCUT2D eigenvalue weighted by atomic mass is 10.1. The Balaban J connectivity index is 2.02. The Bertz CT molecular complexity index is 47.6. The van der Waals surface area contributed by atoms with Gasteiger partial charge in [-0.2, -0.15) is 0 Å². The van der Waals surface area contributed by atoms with Crippen molar-refractivity contribution in [3.8, 4) is 0 Å². The molecule has 1 heterocycles. The third-order valence-corrected chi connectivity index (χ3v) is 2.08. The van der Waals surface area contributed by atoms with Crippen LogP contribution >= 0.6 is 0 Å². The summed E-state index contributed by atoms with van der Waals surface area (Å²) < 4.78 is 0. The molecule has 0 spiro atoms. The van der Waals surface area contributed by atoms with Crippen LogP contribution in [0.3, 0.4) is 0 Å². The van der Waals surface area contributed by atoms with E-state index in [-0.39, 0.29) is 0 Å². The van der Waals surface area contributed by atoms with Crippen molar-refractivity contribution in [1.29, 1.82) is 0 Å². The highest BCUT2D eigenvalue weighted by atomic mass is 16.6. The number of rotatable bonds is 0. The van der Waals surface area contributed by atoms with Gasteiger partial charge in [-0.3, -0.25) is 4.84 Å². The molecule has 0 aliphatic carbocycles. The molecule has 2 heteroatoms. The smallest absolute Gasteiger partial charge is 0.0702 e. The average molecular weight is 156 g/mol. The number of nitrogens with zero attached hydrogens (tertiary/aromatic N) is 1. The summed E-state index contributed by atoms with van der Waals surface area (Å²) in [6.07, 6.45) is 9.20. The number of hydroxylamine groups is 1. The van der Waals surface area contributed by atoms with Crippen LogP contribution in [0.15, 0.2) is 0 Å². The van der Waals surface area contributed by atoms with Gasteiger partial charge in [0.2, 0.25) is 0 Å². The van der Waals surface area contributed by atoms with Crippen molar-refractivity contribution in [2.24, 2.45) is 0 Å². The van der Waals surface area contributed by atoms with E-state index in [0.29, 0.717) is 0 Å². The topological polar surface area (TPSA) is 23.3 Å². The zero-order valence-electron chi connectivity index (χ0n) is 7.22. The molecule has 1 aliphatic rings. The van der Waals surface area contributed by atoms with Crippen LogP contribution in [0.4, 0.5) is 0 Å². The minimum absolute atomic E-state index is 0.833. The molecule has 0 saturated carbocycles. The Morgan fingerprint density at radius 2 is 1.36 bits per heavy atom. The van der Waals surface area contributed by atoms with Gasteiger partial charge in [-0.1, -0.05) is 37.6 Å². The van der Waals surface area contributed by atoms with E-state index in [1.54, 1.807) is 0 Å². The molecule has 0 atom stereocenters. The van der Waals surface area contributed by atoms with Crippen LogP contribution in [0.1, 0.15) is 44.9 Å². The van der Waals surface area contributed by atoms with E-state index in [1.165, 1.54) is 44.9 Å². The molecular formula is C9H18NO. The first kappa shape index (κ1) is 9.01. The Morgan fingerprint density at radius 1 is 0.727 bits per heavy atom. The summed E-state index contributed by atoms with van der Waals surface area (Å²) in [5, 5.41) is 0. The number of hydrogen-bond donors (Lipinski definition) is 0. The maximum absolute atomic E-state index is 5.09. The Morgan fingerprint density at radius 3 is 2.18 bits per heavy atom. The van der Waals surface area contributed by atoms with Crippen LogP contribution in [0.25, 0.3) is 0 Å². The largest absolute Gasteiger partial charge is 0.282 e. The summed E-state index contributed by atoms with van der Waals surface area (Å²) in [6, 6.07) is 0. The van der Waals surface area contributed by atoms with Gasteiger partial charge in [-0.15, -0.1) is 0 Å².